The van der Waals surface area contributed by atoms with Gasteiger partial charge in [0.15, 0.2) is 0 Å². The molecule has 0 radical (unpaired) electrons. The molecule has 6 nitrogen and oxygen atoms in total. The standard InChI is InChI=1S/C13H23N5O/c1-4-18(10-6-5-7-14-8-10)13(19)12-15-11(9(2)3)16-17-12/h9-10,14H,4-8H2,1-3H3,(H,15,16,17). The van der Waals surface area contributed by atoms with E-state index in [-0.39, 0.29) is 23.7 Å². The summed E-state index contributed by atoms with van der Waals surface area (Å²) < 4.78 is 0. The predicted octanol–water partition coefficient (Wildman–Crippen LogP) is 1.14. The number of aromatic nitrogens is 3. The zero-order valence-electron chi connectivity index (χ0n) is 11.9. The molecule has 106 valence electrons. The van der Waals surface area contributed by atoms with Crippen molar-refractivity contribution in [1.29, 1.82) is 0 Å². The van der Waals surface area contributed by atoms with Gasteiger partial charge in [-0.3, -0.25) is 9.89 Å². The minimum absolute atomic E-state index is 0.0700. The van der Waals surface area contributed by atoms with Crippen LogP contribution < -0.4 is 5.32 Å². The van der Waals surface area contributed by atoms with E-state index in [1.165, 1.54) is 0 Å². The second kappa shape index (κ2) is 6.14. The Bertz CT molecular complexity index is 422. The van der Waals surface area contributed by atoms with Gasteiger partial charge < -0.3 is 10.2 Å². The quantitative estimate of drug-likeness (QED) is 0.856. The molecule has 6 heteroatoms. The molecule has 1 amide bonds. The maximum absolute atomic E-state index is 12.5. The molecule has 1 aromatic rings. The lowest BCUT2D eigenvalue weighted by atomic mass is 10.1. The third kappa shape index (κ3) is 3.12. The van der Waals surface area contributed by atoms with E-state index in [9.17, 15) is 4.79 Å². The van der Waals surface area contributed by atoms with Crippen molar-refractivity contribution in [2.45, 2.75) is 45.6 Å². The fraction of sp³-hybridized carbons (Fsp3) is 0.769. The summed E-state index contributed by atoms with van der Waals surface area (Å²) in [6, 6.07) is 0.257. The lowest BCUT2D eigenvalue weighted by Gasteiger charge is -2.33. The molecule has 0 spiro atoms. The fourth-order valence-corrected chi connectivity index (χ4v) is 2.42. The van der Waals surface area contributed by atoms with E-state index in [0.717, 1.165) is 31.8 Å². The Kier molecular flexibility index (Phi) is 4.52. The minimum Gasteiger partial charge on any atom is -0.332 e. The van der Waals surface area contributed by atoms with Crippen LogP contribution in [-0.2, 0) is 0 Å². The number of H-pyrrole nitrogens is 1. The van der Waals surface area contributed by atoms with Gasteiger partial charge in [0.05, 0.1) is 0 Å². The van der Waals surface area contributed by atoms with E-state index in [2.05, 4.69) is 20.5 Å². The highest BCUT2D eigenvalue weighted by atomic mass is 16.2. The lowest BCUT2D eigenvalue weighted by molar-refractivity contribution is 0.0650. The van der Waals surface area contributed by atoms with Crippen molar-refractivity contribution in [3.8, 4) is 0 Å². The topological polar surface area (TPSA) is 73.9 Å². The summed E-state index contributed by atoms with van der Waals surface area (Å²) in [7, 11) is 0. The molecule has 19 heavy (non-hydrogen) atoms. The molecule has 0 bridgehead atoms. The van der Waals surface area contributed by atoms with E-state index in [4.69, 9.17) is 0 Å². The van der Waals surface area contributed by atoms with Gasteiger partial charge >= 0.3 is 0 Å². The number of hydrogen-bond donors (Lipinski definition) is 2. The Morgan fingerprint density at radius 3 is 2.84 bits per heavy atom. The monoisotopic (exact) mass is 265 g/mol. The molecular weight excluding hydrogens is 242 g/mol. The first kappa shape index (κ1) is 14.0. The number of likely N-dealkylation sites (N-methyl/N-ethyl adjacent to an activating group) is 1. The zero-order chi connectivity index (χ0) is 13.8. The highest BCUT2D eigenvalue weighted by molar-refractivity contribution is 5.90. The van der Waals surface area contributed by atoms with Crippen LogP contribution in [0.1, 0.15) is 56.0 Å². The van der Waals surface area contributed by atoms with Gasteiger partial charge in [0.25, 0.3) is 5.91 Å². The van der Waals surface area contributed by atoms with Crippen molar-refractivity contribution in [2.24, 2.45) is 0 Å². The van der Waals surface area contributed by atoms with Crippen molar-refractivity contribution < 1.29 is 4.79 Å². The van der Waals surface area contributed by atoms with E-state index >= 15 is 0 Å². The maximum Gasteiger partial charge on any atom is 0.293 e. The van der Waals surface area contributed by atoms with Crippen LogP contribution in [0.5, 0.6) is 0 Å². The average Bonchev–Trinajstić information content (AvgIpc) is 2.90. The van der Waals surface area contributed by atoms with Gasteiger partial charge in [-0.05, 0) is 26.3 Å². The lowest BCUT2D eigenvalue weighted by Crippen LogP contribution is -2.48. The molecule has 2 N–H and O–H groups in total. The third-order valence-corrected chi connectivity index (χ3v) is 3.55. The van der Waals surface area contributed by atoms with Crippen LogP contribution in [0.2, 0.25) is 0 Å². The van der Waals surface area contributed by atoms with Crippen molar-refractivity contribution >= 4 is 5.91 Å². The Labute approximate surface area is 114 Å². The molecule has 1 aromatic heterocycles. The Morgan fingerprint density at radius 2 is 2.32 bits per heavy atom. The first-order valence-electron chi connectivity index (χ1n) is 7.07. The van der Waals surface area contributed by atoms with Gasteiger partial charge in [-0.2, -0.15) is 0 Å². The van der Waals surface area contributed by atoms with Crippen LogP contribution in [0, 0.1) is 0 Å². The smallest absolute Gasteiger partial charge is 0.293 e. The highest BCUT2D eigenvalue weighted by Gasteiger charge is 2.27. The number of carbonyl (C=O) groups is 1. The van der Waals surface area contributed by atoms with Crippen molar-refractivity contribution in [3.05, 3.63) is 11.6 Å². The van der Waals surface area contributed by atoms with Gasteiger partial charge in [-0.15, -0.1) is 5.10 Å². The number of rotatable bonds is 4. The second-order valence-electron chi connectivity index (χ2n) is 5.29. The van der Waals surface area contributed by atoms with Crippen molar-refractivity contribution in [2.75, 3.05) is 19.6 Å². The molecule has 0 aromatic carbocycles. The van der Waals surface area contributed by atoms with Gasteiger partial charge in [0.2, 0.25) is 5.82 Å². The first-order chi connectivity index (χ1) is 9.13. The number of nitrogens with one attached hydrogen (secondary N) is 2. The molecule has 0 aliphatic carbocycles. The predicted molar refractivity (Wildman–Crippen MR) is 73.1 cm³/mol. The van der Waals surface area contributed by atoms with E-state index in [1.807, 2.05) is 25.7 Å². The second-order valence-corrected chi connectivity index (χ2v) is 5.29. The summed E-state index contributed by atoms with van der Waals surface area (Å²) in [4.78, 5) is 18.6. The summed E-state index contributed by atoms with van der Waals surface area (Å²) in [6.07, 6.45) is 2.16. The summed E-state index contributed by atoms with van der Waals surface area (Å²) in [5.74, 6) is 1.23. The number of amides is 1. The summed E-state index contributed by atoms with van der Waals surface area (Å²) in [6.45, 7) is 8.65. The average molecular weight is 265 g/mol. The van der Waals surface area contributed by atoms with Crippen molar-refractivity contribution in [3.63, 3.8) is 0 Å². The SMILES string of the molecule is CCN(C(=O)c1n[nH]c(C(C)C)n1)C1CCCNC1. The molecule has 1 saturated heterocycles. The highest BCUT2D eigenvalue weighted by Crippen LogP contribution is 2.14. The molecule has 1 atom stereocenters. The number of piperidine rings is 1. The van der Waals surface area contributed by atoms with E-state index in [1.54, 1.807) is 0 Å². The Balaban J connectivity index is 2.10. The number of aromatic amines is 1. The fourth-order valence-electron chi connectivity index (χ4n) is 2.42. The molecule has 0 saturated carbocycles. The number of nitrogens with zero attached hydrogens (tertiary/aromatic N) is 3. The first-order valence-corrected chi connectivity index (χ1v) is 7.07. The Hall–Kier alpha value is -1.43. The third-order valence-electron chi connectivity index (χ3n) is 3.55. The van der Waals surface area contributed by atoms with E-state index < -0.39 is 0 Å². The van der Waals surface area contributed by atoms with Crippen LogP contribution in [0.3, 0.4) is 0 Å². The van der Waals surface area contributed by atoms with E-state index in [0.29, 0.717) is 6.54 Å². The van der Waals surface area contributed by atoms with Gasteiger partial charge in [-0.1, -0.05) is 13.8 Å². The molecule has 1 aliphatic rings. The molecule has 1 aliphatic heterocycles. The van der Waals surface area contributed by atoms with Crippen LogP contribution in [-0.4, -0.2) is 51.7 Å². The van der Waals surface area contributed by atoms with Crippen LogP contribution in [0.25, 0.3) is 0 Å². The van der Waals surface area contributed by atoms with Crippen molar-refractivity contribution in [1.82, 2.24) is 25.4 Å². The maximum atomic E-state index is 12.5. The number of carbonyl (C=O) groups excluding carboxylic acids is 1. The van der Waals surface area contributed by atoms with Crippen LogP contribution in [0.15, 0.2) is 0 Å². The zero-order valence-corrected chi connectivity index (χ0v) is 11.9. The molecule has 1 fully saturated rings. The number of hydrogen-bond acceptors (Lipinski definition) is 4. The van der Waals surface area contributed by atoms with Crippen LogP contribution in [0.4, 0.5) is 0 Å². The summed E-state index contributed by atoms with van der Waals surface area (Å²) in [5, 5.41) is 10.2. The summed E-state index contributed by atoms with van der Waals surface area (Å²) in [5.41, 5.74) is 0. The molecule has 2 rings (SSSR count). The van der Waals surface area contributed by atoms with Crippen LogP contribution >= 0.6 is 0 Å². The van der Waals surface area contributed by atoms with Gasteiger partial charge in [-0.25, -0.2) is 4.98 Å². The van der Waals surface area contributed by atoms with Gasteiger partial charge in [0.1, 0.15) is 5.82 Å². The largest absolute Gasteiger partial charge is 0.332 e. The Morgan fingerprint density at radius 1 is 1.53 bits per heavy atom. The molecule has 2 heterocycles. The minimum atomic E-state index is -0.0700. The van der Waals surface area contributed by atoms with Gasteiger partial charge in [0, 0.05) is 25.0 Å². The summed E-state index contributed by atoms with van der Waals surface area (Å²) >= 11 is 0. The normalized spacial score (nSPS) is 19.7. The molecule has 1 unspecified atom stereocenters. The molecular formula is C13H23N5O.